The number of aryl methyl sites for hydroxylation is 1. The van der Waals surface area contributed by atoms with E-state index < -0.39 is 0 Å². The normalized spacial score (nSPS) is 21.4. The average Bonchev–Trinajstić information content (AvgIpc) is 3.17. The quantitative estimate of drug-likeness (QED) is 0.777. The highest BCUT2D eigenvalue weighted by Gasteiger charge is 2.26. The van der Waals surface area contributed by atoms with Crippen molar-refractivity contribution in [1.29, 1.82) is 0 Å². The first-order chi connectivity index (χ1) is 9.79. The number of hydrogen-bond acceptors (Lipinski definition) is 4. The van der Waals surface area contributed by atoms with Gasteiger partial charge in [-0.3, -0.25) is 4.90 Å². The van der Waals surface area contributed by atoms with Crippen LogP contribution in [0.2, 0.25) is 0 Å². The first-order valence-electron chi connectivity index (χ1n) is 8.00. The van der Waals surface area contributed by atoms with Crippen LogP contribution in [-0.4, -0.2) is 55.6 Å². The number of rotatable bonds is 7. The summed E-state index contributed by atoms with van der Waals surface area (Å²) in [5.41, 5.74) is 0. The van der Waals surface area contributed by atoms with Gasteiger partial charge in [-0.2, -0.15) is 0 Å². The molecule has 1 aromatic rings. The summed E-state index contributed by atoms with van der Waals surface area (Å²) in [6, 6.07) is 4.45. The molecule has 1 saturated carbocycles. The topological polar surface area (TPSA) is 18.5 Å². The Balaban J connectivity index is 1.26. The molecule has 0 atom stereocenters. The summed E-state index contributed by atoms with van der Waals surface area (Å²) in [6.07, 6.45) is 2.96. The maximum absolute atomic E-state index is 3.57. The van der Waals surface area contributed by atoms with Gasteiger partial charge in [0.15, 0.2) is 0 Å². The van der Waals surface area contributed by atoms with E-state index in [1.165, 1.54) is 61.9 Å². The van der Waals surface area contributed by atoms with E-state index in [0.717, 1.165) is 19.0 Å². The molecule has 1 aliphatic heterocycles. The second kappa shape index (κ2) is 7.03. The number of thiophene rings is 1. The summed E-state index contributed by atoms with van der Waals surface area (Å²) in [4.78, 5) is 8.14. The number of nitrogens with zero attached hydrogens (tertiary/aromatic N) is 2. The average molecular weight is 293 g/mol. The lowest BCUT2D eigenvalue weighted by Crippen LogP contribution is -2.48. The molecule has 0 spiro atoms. The van der Waals surface area contributed by atoms with Gasteiger partial charge in [0.1, 0.15) is 0 Å². The molecule has 0 aromatic carbocycles. The molecule has 4 heteroatoms. The Hall–Kier alpha value is -0.420. The highest BCUT2D eigenvalue weighted by atomic mass is 32.1. The van der Waals surface area contributed by atoms with Gasteiger partial charge in [-0.25, -0.2) is 0 Å². The maximum Gasteiger partial charge on any atom is 0.0300 e. The molecule has 0 radical (unpaired) electrons. The Kier molecular flexibility index (Phi) is 5.10. The predicted octanol–water partition coefficient (Wildman–Crippen LogP) is 2.17. The molecule has 1 saturated heterocycles. The van der Waals surface area contributed by atoms with E-state index in [0.29, 0.717) is 0 Å². The van der Waals surface area contributed by atoms with Crippen LogP contribution in [0.3, 0.4) is 0 Å². The Morgan fingerprint density at radius 3 is 2.55 bits per heavy atom. The standard InChI is InChI=1S/C16H27N3S/c1-14-2-5-16(20-14)12-17-6-7-18-8-10-19(11-9-18)13-15-3-4-15/h2,5,15,17H,3-4,6-13H2,1H3. The first kappa shape index (κ1) is 14.5. The number of hydrogen-bond donors (Lipinski definition) is 1. The molecular weight excluding hydrogens is 266 g/mol. The fourth-order valence-electron chi connectivity index (χ4n) is 2.89. The van der Waals surface area contributed by atoms with Crippen LogP contribution in [-0.2, 0) is 6.54 Å². The van der Waals surface area contributed by atoms with Gasteiger partial charge in [-0.15, -0.1) is 11.3 Å². The highest BCUT2D eigenvalue weighted by Crippen LogP contribution is 2.29. The smallest absolute Gasteiger partial charge is 0.0300 e. The van der Waals surface area contributed by atoms with Crippen molar-refractivity contribution in [1.82, 2.24) is 15.1 Å². The SMILES string of the molecule is Cc1ccc(CNCCN2CCN(CC3CC3)CC2)s1. The van der Waals surface area contributed by atoms with Crippen molar-refractivity contribution in [2.24, 2.45) is 5.92 Å². The van der Waals surface area contributed by atoms with Crippen LogP contribution in [0, 0.1) is 12.8 Å². The Labute approximate surface area is 127 Å². The molecule has 2 aliphatic rings. The lowest BCUT2D eigenvalue weighted by Gasteiger charge is -2.34. The van der Waals surface area contributed by atoms with E-state index in [1.807, 2.05) is 11.3 Å². The third kappa shape index (κ3) is 4.55. The Morgan fingerprint density at radius 1 is 1.15 bits per heavy atom. The van der Waals surface area contributed by atoms with Gasteiger partial charge >= 0.3 is 0 Å². The zero-order chi connectivity index (χ0) is 13.8. The molecule has 1 aliphatic carbocycles. The largest absolute Gasteiger partial charge is 0.311 e. The zero-order valence-corrected chi connectivity index (χ0v) is 13.4. The molecule has 2 heterocycles. The third-order valence-electron chi connectivity index (χ3n) is 4.38. The fourth-order valence-corrected chi connectivity index (χ4v) is 3.75. The molecule has 112 valence electrons. The van der Waals surface area contributed by atoms with E-state index in [-0.39, 0.29) is 0 Å². The molecule has 3 rings (SSSR count). The van der Waals surface area contributed by atoms with Gasteiger partial charge in [0, 0.05) is 62.1 Å². The molecule has 3 nitrogen and oxygen atoms in total. The van der Waals surface area contributed by atoms with Gasteiger partial charge < -0.3 is 10.2 Å². The van der Waals surface area contributed by atoms with E-state index >= 15 is 0 Å². The summed E-state index contributed by atoms with van der Waals surface area (Å²) in [7, 11) is 0. The van der Waals surface area contributed by atoms with Crippen molar-refractivity contribution in [2.45, 2.75) is 26.3 Å². The van der Waals surface area contributed by atoms with Crippen LogP contribution in [0.4, 0.5) is 0 Å². The summed E-state index contributed by atoms with van der Waals surface area (Å²) in [6.45, 7) is 11.9. The van der Waals surface area contributed by atoms with E-state index in [9.17, 15) is 0 Å². The van der Waals surface area contributed by atoms with Crippen LogP contribution in [0.1, 0.15) is 22.6 Å². The molecular formula is C16H27N3S. The van der Waals surface area contributed by atoms with Crippen LogP contribution < -0.4 is 5.32 Å². The summed E-state index contributed by atoms with van der Waals surface area (Å²) < 4.78 is 0. The van der Waals surface area contributed by atoms with Crippen molar-refractivity contribution in [3.05, 3.63) is 21.9 Å². The summed E-state index contributed by atoms with van der Waals surface area (Å²) >= 11 is 1.90. The van der Waals surface area contributed by atoms with Crippen LogP contribution >= 0.6 is 11.3 Å². The number of nitrogens with one attached hydrogen (secondary N) is 1. The highest BCUT2D eigenvalue weighted by molar-refractivity contribution is 7.11. The van der Waals surface area contributed by atoms with Gasteiger partial charge in [0.05, 0.1) is 0 Å². The molecule has 1 aromatic heterocycles. The minimum Gasteiger partial charge on any atom is -0.311 e. The van der Waals surface area contributed by atoms with Crippen molar-refractivity contribution in [2.75, 3.05) is 45.8 Å². The number of piperazine rings is 1. The predicted molar refractivity (Wildman–Crippen MR) is 86.4 cm³/mol. The van der Waals surface area contributed by atoms with E-state index in [2.05, 4.69) is 34.2 Å². The molecule has 0 unspecified atom stereocenters. The second-order valence-electron chi connectivity index (χ2n) is 6.27. The van der Waals surface area contributed by atoms with Gasteiger partial charge in [0.2, 0.25) is 0 Å². The zero-order valence-electron chi connectivity index (χ0n) is 12.6. The third-order valence-corrected chi connectivity index (χ3v) is 5.38. The monoisotopic (exact) mass is 293 g/mol. The van der Waals surface area contributed by atoms with Crippen molar-refractivity contribution in [3.8, 4) is 0 Å². The van der Waals surface area contributed by atoms with E-state index in [4.69, 9.17) is 0 Å². The minimum atomic E-state index is 1.03. The Bertz CT molecular complexity index is 406. The van der Waals surface area contributed by atoms with Gasteiger partial charge in [-0.05, 0) is 37.8 Å². The summed E-state index contributed by atoms with van der Waals surface area (Å²) in [5, 5.41) is 3.57. The molecule has 0 amide bonds. The molecule has 20 heavy (non-hydrogen) atoms. The second-order valence-corrected chi connectivity index (χ2v) is 7.65. The molecule has 1 N–H and O–H groups in total. The van der Waals surface area contributed by atoms with Crippen molar-refractivity contribution >= 4 is 11.3 Å². The lowest BCUT2D eigenvalue weighted by atomic mass is 10.3. The van der Waals surface area contributed by atoms with Crippen molar-refractivity contribution < 1.29 is 0 Å². The molecule has 0 bridgehead atoms. The van der Waals surface area contributed by atoms with E-state index in [1.54, 1.807) is 0 Å². The molecule has 2 fully saturated rings. The van der Waals surface area contributed by atoms with Crippen LogP contribution in [0.15, 0.2) is 12.1 Å². The van der Waals surface area contributed by atoms with Gasteiger partial charge in [-0.1, -0.05) is 0 Å². The maximum atomic E-state index is 3.57. The van der Waals surface area contributed by atoms with Gasteiger partial charge in [0.25, 0.3) is 0 Å². The summed E-state index contributed by atoms with van der Waals surface area (Å²) in [5.74, 6) is 1.04. The van der Waals surface area contributed by atoms with Crippen LogP contribution in [0.25, 0.3) is 0 Å². The first-order valence-corrected chi connectivity index (χ1v) is 8.82. The van der Waals surface area contributed by atoms with Crippen molar-refractivity contribution in [3.63, 3.8) is 0 Å². The lowest BCUT2D eigenvalue weighted by molar-refractivity contribution is 0.129. The Morgan fingerprint density at radius 2 is 1.90 bits per heavy atom. The minimum absolute atomic E-state index is 1.03. The van der Waals surface area contributed by atoms with Crippen LogP contribution in [0.5, 0.6) is 0 Å². The fraction of sp³-hybridized carbons (Fsp3) is 0.750.